The average molecular weight is 330 g/mol. The van der Waals surface area contributed by atoms with Crippen LogP contribution in [0.2, 0.25) is 0 Å². The van der Waals surface area contributed by atoms with E-state index in [2.05, 4.69) is 6.92 Å². The lowest BCUT2D eigenvalue weighted by Gasteiger charge is -2.22. The summed E-state index contributed by atoms with van der Waals surface area (Å²) in [5, 5.41) is 18.1. The molecule has 0 aliphatic carbocycles. The zero-order chi connectivity index (χ0) is 17.3. The molecule has 0 aromatic rings. The summed E-state index contributed by atoms with van der Waals surface area (Å²) in [6, 6.07) is 0. The van der Waals surface area contributed by atoms with Crippen LogP contribution in [0.4, 0.5) is 0 Å². The topological polar surface area (TPSA) is 93.1 Å². The first-order chi connectivity index (χ1) is 10.9. The highest BCUT2D eigenvalue weighted by Gasteiger charge is 2.51. The molecule has 0 bridgehead atoms. The van der Waals surface area contributed by atoms with Gasteiger partial charge in [0.05, 0.1) is 0 Å². The number of unbranched alkanes of at least 4 members (excludes halogenated alkanes) is 8. The van der Waals surface area contributed by atoms with E-state index in [1.54, 1.807) is 6.92 Å². The predicted octanol–water partition coefficient (Wildman–Crippen LogP) is 3.58. The maximum Gasteiger partial charge on any atom is 0.336 e. The van der Waals surface area contributed by atoms with E-state index in [0.29, 0.717) is 6.42 Å². The molecular formula is C17H30O6. The minimum atomic E-state index is -1.43. The largest absolute Gasteiger partial charge is 0.479 e. The van der Waals surface area contributed by atoms with E-state index in [9.17, 15) is 9.59 Å². The molecule has 0 aromatic carbocycles. The first-order valence-electron chi connectivity index (χ1n) is 8.71. The van der Waals surface area contributed by atoms with E-state index in [1.807, 2.05) is 0 Å². The summed E-state index contributed by atoms with van der Waals surface area (Å²) in [6.45, 7) is 3.83. The Labute approximate surface area is 138 Å². The minimum Gasteiger partial charge on any atom is -0.479 e. The molecule has 6 nitrogen and oxygen atoms in total. The maximum absolute atomic E-state index is 11.1. The van der Waals surface area contributed by atoms with Gasteiger partial charge >= 0.3 is 11.9 Å². The maximum atomic E-state index is 11.1. The first-order valence-corrected chi connectivity index (χ1v) is 8.71. The van der Waals surface area contributed by atoms with E-state index in [-0.39, 0.29) is 0 Å². The zero-order valence-electron chi connectivity index (χ0n) is 14.3. The number of aliphatic carboxylic acids is 2. The van der Waals surface area contributed by atoms with Gasteiger partial charge in [0.15, 0.2) is 18.0 Å². The lowest BCUT2D eigenvalue weighted by atomic mass is 10.0. The number of carboxylic acid groups (broad SMARTS) is 2. The third-order valence-corrected chi connectivity index (χ3v) is 4.25. The number of carboxylic acids is 2. The molecule has 134 valence electrons. The standard InChI is InChI=1S/C17H30O6/c1-3-4-5-6-7-8-9-10-11-12-17(2)22-13(15(18)19)14(23-17)16(20)21/h13-14H,3-12H2,1-2H3,(H,18,19)(H,20,21)/t13-,14-/m1/s1. The molecule has 6 heteroatoms. The predicted molar refractivity (Wildman–Crippen MR) is 85.3 cm³/mol. The van der Waals surface area contributed by atoms with Crippen molar-refractivity contribution in [2.45, 2.75) is 96.1 Å². The van der Waals surface area contributed by atoms with E-state index >= 15 is 0 Å². The van der Waals surface area contributed by atoms with Gasteiger partial charge in [-0.15, -0.1) is 0 Å². The summed E-state index contributed by atoms with van der Waals surface area (Å²) in [6.07, 6.45) is 8.26. The van der Waals surface area contributed by atoms with Crippen LogP contribution in [0.15, 0.2) is 0 Å². The smallest absolute Gasteiger partial charge is 0.336 e. The van der Waals surface area contributed by atoms with E-state index < -0.39 is 29.9 Å². The summed E-state index contributed by atoms with van der Waals surface area (Å²) in [4.78, 5) is 22.1. The molecule has 23 heavy (non-hydrogen) atoms. The Morgan fingerprint density at radius 3 is 1.61 bits per heavy atom. The molecule has 0 saturated carbocycles. The van der Waals surface area contributed by atoms with Crippen LogP contribution >= 0.6 is 0 Å². The Hall–Kier alpha value is -1.14. The second-order valence-electron chi connectivity index (χ2n) is 6.47. The van der Waals surface area contributed by atoms with Crippen molar-refractivity contribution in [3.8, 4) is 0 Å². The summed E-state index contributed by atoms with van der Waals surface area (Å²) < 4.78 is 10.7. The van der Waals surface area contributed by atoms with Gasteiger partial charge in [0.1, 0.15) is 0 Å². The molecule has 1 saturated heterocycles. The SMILES string of the molecule is CCCCCCCCCCCC1(C)O[C@@H](C(=O)O)[C@H](C(=O)O)O1. The van der Waals surface area contributed by atoms with Crippen molar-refractivity contribution >= 4 is 11.9 Å². The molecule has 1 heterocycles. The van der Waals surface area contributed by atoms with Gasteiger partial charge in [-0.3, -0.25) is 0 Å². The molecule has 1 fully saturated rings. The van der Waals surface area contributed by atoms with E-state index in [4.69, 9.17) is 19.7 Å². The summed E-state index contributed by atoms with van der Waals surface area (Å²) >= 11 is 0. The molecular weight excluding hydrogens is 300 g/mol. The fraction of sp³-hybridized carbons (Fsp3) is 0.882. The number of hydrogen-bond donors (Lipinski definition) is 2. The molecule has 2 N–H and O–H groups in total. The number of ether oxygens (including phenoxy) is 2. The lowest BCUT2D eigenvalue weighted by Crippen LogP contribution is -2.36. The Balaban J connectivity index is 2.21. The second-order valence-corrected chi connectivity index (χ2v) is 6.47. The van der Waals surface area contributed by atoms with Gasteiger partial charge in [0.25, 0.3) is 0 Å². The molecule has 2 atom stereocenters. The lowest BCUT2D eigenvalue weighted by molar-refractivity contribution is -0.181. The van der Waals surface area contributed by atoms with Gasteiger partial charge in [-0.2, -0.15) is 0 Å². The first kappa shape index (κ1) is 19.9. The summed E-state index contributed by atoms with van der Waals surface area (Å²) in [5.41, 5.74) is 0. The highest BCUT2D eigenvalue weighted by atomic mass is 16.8. The average Bonchev–Trinajstić information content (AvgIpc) is 2.84. The van der Waals surface area contributed by atoms with Crippen LogP contribution in [0.5, 0.6) is 0 Å². The van der Waals surface area contributed by atoms with Gasteiger partial charge in [0, 0.05) is 6.42 Å². The van der Waals surface area contributed by atoms with Crippen molar-refractivity contribution in [1.82, 2.24) is 0 Å². The van der Waals surface area contributed by atoms with Crippen LogP contribution in [0.3, 0.4) is 0 Å². The van der Waals surface area contributed by atoms with E-state index in [1.165, 1.54) is 38.5 Å². The monoisotopic (exact) mass is 330 g/mol. The van der Waals surface area contributed by atoms with Crippen LogP contribution < -0.4 is 0 Å². The van der Waals surface area contributed by atoms with Crippen LogP contribution in [-0.4, -0.2) is 40.1 Å². The van der Waals surface area contributed by atoms with Crippen molar-refractivity contribution in [1.29, 1.82) is 0 Å². The Kier molecular flexibility index (Phi) is 8.55. The fourth-order valence-electron chi connectivity index (χ4n) is 2.92. The van der Waals surface area contributed by atoms with Gasteiger partial charge in [-0.05, 0) is 13.3 Å². The van der Waals surface area contributed by atoms with Gasteiger partial charge in [0.2, 0.25) is 0 Å². The number of carbonyl (C=O) groups is 2. The Bertz CT molecular complexity index is 359. The van der Waals surface area contributed by atoms with Gasteiger partial charge in [-0.25, -0.2) is 9.59 Å². The van der Waals surface area contributed by atoms with Gasteiger partial charge < -0.3 is 19.7 Å². The van der Waals surface area contributed by atoms with Crippen molar-refractivity contribution in [3.05, 3.63) is 0 Å². The number of hydrogen-bond acceptors (Lipinski definition) is 4. The molecule has 0 spiro atoms. The van der Waals surface area contributed by atoms with Crippen molar-refractivity contribution < 1.29 is 29.3 Å². The normalized spacial score (nSPS) is 23.0. The summed E-state index contributed by atoms with van der Waals surface area (Å²) in [5.74, 6) is -3.71. The molecule has 0 amide bonds. The quantitative estimate of drug-likeness (QED) is 0.531. The highest BCUT2D eigenvalue weighted by molar-refractivity contribution is 5.84. The van der Waals surface area contributed by atoms with Crippen LogP contribution in [-0.2, 0) is 19.1 Å². The summed E-state index contributed by atoms with van der Waals surface area (Å²) in [7, 11) is 0. The van der Waals surface area contributed by atoms with Crippen molar-refractivity contribution in [2.75, 3.05) is 0 Å². The molecule has 1 aliphatic heterocycles. The third-order valence-electron chi connectivity index (χ3n) is 4.25. The van der Waals surface area contributed by atoms with Crippen LogP contribution in [0, 0.1) is 0 Å². The zero-order valence-corrected chi connectivity index (χ0v) is 14.3. The minimum absolute atomic E-state index is 0.510. The Morgan fingerprint density at radius 2 is 1.22 bits per heavy atom. The molecule has 0 radical (unpaired) electrons. The molecule has 1 aliphatic rings. The molecule has 1 rings (SSSR count). The van der Waals surface area contributed by atoms with Crippen LogP contribution in [0.25, 0.3) is 0 Å². The highest BCUT2D eigenvalue weighted by Crippen LogP contribution is 2.33. The third kappa shape index (κ3) is 6.87. The Morgan fingerprint density at radius 1 is 0.826 bits per heavy atom. The fourth-order valence-corrected chi connectivity index (χ4v) is 2.92. The van der Waals surface area contributed by atoms with Crippen molar-refractivity contribution in [2.24, 2.45) is 0 Å². The van der Waals surface area contributed by atoms with Crippen molar-refractivity contribution in [3.63, 3.8) is 0 Å². The van der Waals surface area contributed by atoms with E-state index in [0.717, 1.165) is 19.3 Å². The second kappa shape index (κ2) is 9.88. The molecule has 0 aromatic heterocycles. The van der Waals surface area contributed by atoms with Gasteiger partial charge in [-0.1, -0.05) is 58.3 Å². The van der Waals surface area contributed by atoms with Crippen LogP contribution in [0.1, 0.15) is 78.1 Å². The molecule has 0 unspecified atom stereocenters. The number of rotatable bonds is 12.